The first-order chi connectivity index (χ1) is 5.84. The van der Waals surface area contributed by atoms with E-state index in [-0.39, 0.29) is 0 Å². The third kappa shape index (κ3) is 1.61. The summed E-state index contributed by atoms with van der Waals surface area (Å²) in [7, 11) is 0. The molecule has 2 rings (SSSR count). The molecule has 0 atom stereocenters. The largest absolute Gasteiger partial charge is 0.297 e. The molecule has 1 fully saturated rings. The third-order valence-corrected chi connectivity index (χ3v) is 2.17. The maximum Gasteiger partial charge on any atom is 0.115 e. The molecule has 0 aliphatic carbocycles. The molecule has 0 unspecified atom stereocenters. The molecule has 3 heteroatoms. The Labute approximate surface area is 72.4 Å². The average molecular weight is 163 g/mol. The molecule has 64 valence electrons. The topological polar surface area (TPSA) is 29.0 Å². The number of nitrogens with zero attached hydrogens (tertiary/aromatic N) is 3. The second kappa shape index (κ2) is 3.19. The molecule has 0 spiro atoms. The third-order valence-electron chi connectivity index (χ3n) is 2.17. The van der Waals surface area contributed by atoms with Crippen LogP contribution >= 0.6 is 0 Å². The van der Waals surface area contributed by atoms with E-state index >= 15 is 0 Å². The maximum atomic E-state index is 4.17. The van der Waals surface area contributed by atoms with Crippen LogP contribution in [-0.4, -0.2) is 28.0 Å². The average Bonchev–Trinajstić information content (AvgIpc) is 2.04. The van der Waals surface area contributed by atoms with Crippen LogP contribution in [0.25, 0.3) is 0 Å². The highest BCUT2D eigenvalue weighted by Gasteiger charge is 2.22. The van der Waals surface area contributed by atoms with E-state index in [4.69, 9.17) is 0 Å². The van der Waals surface area contributed by atoms with Crippen LogP contribution in [0.1, 0.15) is 12.6 Å². The Kier molecular flexibility index (Phi) is 2.04. The predicted molar refractivity (Wildman–Crippen MR) is 46.5 cm³/mol. The second-order valence-electron chi connectivity index (χ2n) is 3.50. The second-order valence-corrected chi connectivity index (χ2v) is 3.50. The lowest BCUT2D eigenvalue weighted by Crippen LogP contribution is -2.44. The van der Waals surface area contributed by atoms with Crippen LogP contribution in [0, 0.1) is 5.92 Å². The summed E-state index contributed by atoms with van der Waals surface area (Å²) in [6.45, 7) is 5.68. The van der Waals surface area contributed by atoms with Gasteiger partial charge in [0.05, 0.1) is 5.69 Å². The number of hydrogen-bond donors (Lipinski definition) is 0. The molecule has 0 saturated carbocycles. The van der Waals surface area contributed by atoms with Crippen LogP contribution in [0.2, 0.25) is 0 Å². The Morgan fingerprint density at radius 1 is 1.58 bits per heavy atom. The molecule has 1 saturated heterocycles. The van der Waals surface area contributed by atoms with E-state index in [2.05, 4.69) is 21.8 Å². The summed E-state index contributed by atoms with van der Waals surface area (Å²) in [6, 6.07) is 1.98. The van der Waals surface area contributed by atoms with Crippen LogP contribution in [0.3, 0.4) is 0 Å². The fourth-order valence-electron chi connectivity index (χ4n) is 1.60. The Morgan fingerprint density at radius 2 is 2.42 bits per heavy atom. The highest BCUT2D eigenvalue weighted by Crippen LogP contribution is 2.15. The number of aromatic nitrogens is 2. The van der Waals surface area contributed by atoms with Crippen molar-refractivity contribution in [2.75, 3.05) is 13.1 Å². The lowest BCUT2D eigenvalue weighted by Gasteiger charge is -2.36. The van der Waals surface area contributed by atoms with Gasteiger partial charge in [-0.1, -0.05) is 6.92 Å². The number of rotatable bonds is 2. The molecule has 0 amide bonds. The first-order valence-corrected chi connectivity index (χ1v) is 4.32. The lowest BCUT2D eigenvalue weighted by atomic mass is 10.0. The van der Waals surface area contributed by atoms with E-state index in [1.165, 1.54) is 13.1 Å². The van der Waals surface area contributed by atoms with E-state index in [1.54, 1.807) is 12.5 Å². The van der Waals surface area contributed by atoms with Gasteiger partial charge in [0.2, 0.25) is 0 Å². The Bertz CT molecular complexity index is 241. The van der Waals surface area contributed by atoms with Crippen molar-refractivity contribution in [3.63, 3.8) is 0 Å². The first kappa shape index (κ1) is 7.68. The Morgan fingerprint density at radius 3 is 3.00 bits per heavy atom. The maximum absolute atomic E-state index is 4.17. The van der Waals surface area contributed by atoms with Crippen LogP contribution in [0.4, 0.5) is 0 Å². The normalized spacial score (nSPS) is 19.1. The smallest absolute Gasteiger partial charge is 0.115 e. The van der Waals surface area contributed by atoms with Gasteiger partial charge < -0.3 is 0 Å². The van der Waals surface area contributed by atoms with Crippen molar-refractivity contribution in [2.45, 2.75) is 13.5 Å². The van der Waals surface area contributed by atoms with Gasteiger partial charge in [0.1, 0.15) is 6.33 Å². The molecule has 1 aliphatic rings. The van der Waals surface area contributed by atoms with Gasteiger partial charge in [-0.05, 0) is 12.0 Å². The minimum absolute atomic E-state index is 0.867. The SMILES string of the molecule is CC1CN(Cc2ccncn2)C1. The molecule has 0 bridgehead atoms. The fourth-order valence-corrected chi connectivity index (χ4v) is 1.60. The zero-order chi connectivity index (χ0) is 8.39. The predicted octanol–water partition coefficient (Wildman–Crippen LogP) is 0.928. The van der Waals surface area contributed by atoms with Gasteiger partial charge in [0, 0.05) is 25.8 Å². The van der Waals surface area contributed by atoms with Gasteiger partial charge in [-0.15, -0.1) is 0 Å². The quantitative estimate of drug-likeness (QED) is 0.649. The number of likely N-dealkylation sites (tertiary alicyclic amines) is 1. The highest BCUT2D eigenvalue weighted by molar-refractivity contribution is 4.98. The molecule has 1 aliphatic heterocycles. The van der Waals surface area contributed by atoms with Crippen molar-refractivity contribution in [2.24, 2.45) is 5.92 Å². The molecule has 2 heterocycles. The minimum Gasteiger partial charge on any atom is -0.297 e. The van der Waals surface area contributed by atoms with E-state index in [0.717, 1.165) is 18.2 Å². The van der Waals surface area contributed by atoms with E-state index < -0.39 is 0 Å². The van der Waals surface area contributed by atoms with Crippen molar-refractivity contribution >= 4 is 0 Å². The van der Waals surface area contributed by atoms with Gasteiger partial charge in [-0.2, -0.15) is 0 Å². The van der Waals surface area contributed by atoms with Crippen molar-refractivity contribution in [3.05, 3.63) is 24.3 Å². The Hall–Kier alpha value is -0.960. The monoisotopic (exact) mass is 163 g/mol. The first-order valence-electron chi connectivity index (χ1n) is 4.32. The van der Waals surface area contributed by atoms with E-state index in [9.17, 15) is 0 Å². The molecular weight excluding hydrogens is 150 g/mol. The Balaban J connectivity index is 1.88. The van der Waals surface area contributed by atoms with Crippen LogP contribution in [0.5, 0.6) is 0 Å². The summed E-state index contributed by atoms with van der Waals surface area (Å²) >= 11 is 0. The summed E-state index contributed by atoms with van der Waals surface area (Å²) in [6.07, 6.45) is 3.41. The molecule has 0 aromatic carbocycles. The van der Waals surface area contributed by atoms with Crippen LogP contribution in [-0.2, 0) is 6.54 Å². The molecule has 3 nitrogen and oxygen atoms in total. The van der Waals surface area contributed by atoms with Crippen molar-refractivity contribution in [1.29, 1.82) is 0 Å². The van der Waals surface area contributed by atoms with E-state index in [0.29, 0.717) is 0 Å². The van der Waals surface area contributed by atoms with Crippen molar-refractivity contribution < 1.29 is 0 Å². The van der Waals surface area contributed by atoms with Crippen molar-refractivity contribution in [1.82, 2.24) is 14.9 Å². The van der Waals surface area contributed by atoms with Crippen LogP contribution in [0.15, 0.2) is 18.6 Å². The molecular formula is C9H13N3. The van der Waals surface area contributed by atoms with Crippen LogP contribution < -0.4 is 0 Å². The zero-order valence-corrected chi connectivity index (χ0v) is 7.27. The van der Waals surface area contributed by atoms with Gasteiger partial charge in [0.25, 0.3) is 0 Å². The molecule has 1 aromatic rings. The lowest BCUT2D eigenvalue weighted by molar-refractivity contribution is 0.103. The molecule has 0 N–H and O–H groups in total. The van der Waals surface area contributed by atoms with Gasteiger partial charge in [0.15, 0.2) is 0 Å². The highest BCUT2D eigenvalue weighted by atomic mass is 15.2. The zero-order valence-electron chi connectivity index (χ0n) is 7.27. The summed E-state index contributed by atoms with van der Waals surface area (Å²) in [5.41, 5.74) is 1.12. The number of hydrogen-bond acceptors (Lipinski definition) is 3. The van der Waals surface area contributed by atoms with Crippen molar-refractivity contribution in [3.8, 4) is 0 Å². The minimum atomic E-state index is 0.867. The summed E-state index contributed by atoms with van der Waals surface area (Å²) < 4.78 is 0. The van der Waals surface area contributed by atoms with Gasteiger partial charge >= 0.3 is 0 Å². The van der Waals surface area contributed by atoms with Gasteiger partial charge in [-0.3, -0.25) is 4.90 Å². The van der Waals surface area contributed by atoms with E-state index in [1.807, 2.05) is 6.07 Å². The summed E-state index contributed by atoms with van der Waals surface area (Å²) in [4.78, 5) is 10.5. The molecule has 1 aromatic heterocycles. The fraction of sp³-hybridized carbons (Fsp3) is 0.556. The summed E-state index contributed by atoms with van der Waals surface area (Å²) in [5.74, 6) is 0.867. The summed E-state index contributed by atoms with van der Waals surface area (Å²) in [5, 5.41) is 0. The molecule has 12 heavy (non-hydrogen) atoms. The molecule has 0 radical (unpaired) electrons. The van der Waals surface area contributed by atoms with Gasteiger partial charge in [-0.25, -0.2) is 9.97 Å². The standard InChI is InChI=1S/C9H13N3/c1-8-4-12(5-8)6-9-2-3-10-7-11-9/h2-3,7-8H,4-6H2,1H3.